The number of benzene rings is 1. The normalized spacial score (nSPS) is 18.4. The second-order valence-electron chi connectivity index (χ2n) is 5.40. The molecule has 3 N–H and O–H groups in total. The standard InChI is InChI=1S/C15H21N3O3/c1-18-9-7-13(10-18)17-15(21)16-8-6-11-2-4-12(5-3-11)14(19)20/h2-5,13H,6-10H2,1H3,(H,19,20)(H2,16,17,21)/t13-/m1/s1. The zero-order valence-electron chi connectivity index (χ0n) is 12.1. The number of nitrogens with zero attached hydrogens (tertiary/aromatic N) is 1. The second kappa shape index (κ2) is 7.08. The molecule has 1 fully saturated rings. The minimum Gasteiger partial charge on any atom is -0.478 e. The van der Waals surface area contributed by atoms with Crippen molar-refractivity contribution in [2.75, 3.05) is 26.7 Å². The number of carbonyl (C=O) groups excluding carboxylic acids is 1. The molecule has 0 spiro atoms. The molecule has 0 aliphatic carbocycles. The molecule has 1 atom stereocenters. The van der Waals surface area contributed by atoms with Gasteiger partial charge in [-0.15, -0.1) is 0 Å². The van der Waals surface area contributed by atoms with Gasteiger partial charge in [0.15, 0.2) is 0 Å². The van der Waals surface area contributed by atoms with Crippen LogP contribution in [0.4, 0.5) is 4.79 Å². The predicted molar refractivity (Wildman–Crippen MR) is 79.5 cm³/mol. The predicted octanol–water partition coefficient (Wildman–Crippen LogP) is 0.931. The Morgan fingerprint density at radius 2 is 2.05 bits per heavy atom. The lowest BCUT2D eigenvalue weighted by atomic mass is 10.1. The highest BCUT2D eigenvalue weighted by atomic mass is 16.4. The maximum atomic E-state index is 11.7. The summed E-state index contributed by atoms with van der Waals surface area (Å²) in [4.78, 5) is 24.6. The SMILES string of the molecule is CN1CC[C@@H](NC(=O)NCCc2ccc(C(=O)O)cc2)C1. The molecule has 1 aromatic rings. The minimum absolute atomic E-state index is 0.141. The van der Waals surface area contributed by atoms with E-state index < -0.39 is 5.97 Å². The number of likely N-dealkylation sites (N-methyl/N-ethyl adjacent to an activating group) is 1. The van der Waals surface area contributed by atoms with E-state index in [1.54, 1.807) is 24.3 Å². The van der Waals surface area contributed by atoms with Gasteiger partial charge >= 0.3 is 12.0 Å². The van der Waals surface area contributed by atoms with Crippen molar-refractivity contribution in [3.05, 3.63) is 35.4 Å². The monoisotopic (exact) mass is 291 g/mol. The van der Waals surface area contributed by atoms with E-state index in [2.05, 4.69) is 15.5 Å². The number of likely N-dealkylation sites (tertiary alicyclic amines) is 1. The zero-order valence-corrected chi connectivity index (χ0v) is 12.1. The van der Waals surface area contributed by atoms with Gasteiger partial charge in [-0.25, -0.2) is 9.59 Å². The van der Waals surface area contributed by atoms with Crippen LogP contribution in [0.3, 0.4) is 0 Å². The van der Waals surface area contributed by atoms with Crippen LogP contribution in [-0.2, 0) is 6.42 Å². The topological polar surface area (TPSA) is 81.7 Å². The summed E-state index contributed by atoms with van der Waals surface area (Å²) in [5.41, 5.74) is 1.27. The van der Waals surface area contributed by atoms with E-state index in [0.717, 1.165) is 25.1 Å². The average molecular weight is 291 g/mol. The van der Waals surface area contributed by atoms with Crippen molar-refractivity contribution in [3.63, 3.8) is 0 Å². The number of aromatic carboxylic acids is 1. The molecule has 1 saturated heterocycles. The third kappa shape index (κ3) is 4.75. The summed E-state index contributed by atoms with van der Waals surface area (Å²) in [6.45, 7) is 2.44. The molecule has 114 valence electrons. The van der Waals surface area contributed by atoms with Gasteiger partial charge in [-0.2, -0.15) is 0 Å². The molecule has 0 saturated carbocycles. The lowest BCUT2D eigenvalue weighted by Crippen LogP contribution is -2.43. The van der Waals surface area contributed by atoms with Crippen molar-refractivity contribution in [2.45, 2.75) is 18.9 Å². The quantitative estimate of drug-likeness (QED) is 0.754. The van der Waals surface area contributed by atoms with Gasteiger partial charge in [-0.1, -0.05) is 12.1 Å². The molecule has 0 radical (unpaired) electrons. The van der Waals surface area contributed by atoms with Gasteiger partial charge < -0.3 is 20.6 Å². The molecule has 6 heteroatoms. The molecule has 0 aromatic heterocycles. The van der Waals surface area contributed by atoms with Crippen LogP contribution in [0.25, 0.3) is 0 Å². The molecule has 1 aliphatic heterocycles. The number of urea groups is 1. The third-order valence-electron chi connectivity index (χ3n) is 3.63. The van der Waals surface area contributed by atoms with E-state index in [0.29, 0.717) is 13.0 Å². The van der Waals surface area contributed by atoms with Crippen LogP contribution in [0.5, 0.6) is 0 Å². The summed E-state index contributed by atoms with van der Waals surface area (Å²) in [6.07, 6.45) is 1.67. The van der Waals surface area contributed by atoms with E-state index >= 15 is 0 Å². The first kappa shape index (κ1) is 15.3. The van der Waals surface area contributed by atoms with Crippen molar-refractivity contribution in [3.8, 4) is 0 Å². The second-order valence-corrected chi connectivity index (χ2v) is 5.40. The summed E-state index contributed by atoms with van der Waals surface area (Å²) in [7, 11) is 2.04. The number of amides is 2. The van der Waals surface area contributed by atoms with Crippen molar-refractivity contribution >= 4 is 12.0 Å². The first-order valence-corrected chi connectivity index (χ1v) is 7.10. The Kier molecular flexibility index (Phi) is 5.16. The maximum Gasteiger partial charge on any atom is 0.335 e. The molecule has 21 heavy (non-hydrogen) atoms. The van der Waals surface area contributed by atoms with Crippen LogP contribution in [-0.4, -0.2) is 54.7 Å². The van der Waals surface area contributed by atoms with Crippen molar-refractivity contribution < 1.29 is 14.7 Å². The van der Waals surface area contributed by atoms with Crippen LogP contribution in [0.2, 0.25) is 0 Å². The Bertz CT molecular complexity index is 501. The third-order valence-corrected chi connectivity index (χ3v) is 3.63. The van der Waals surface area contributed by atoms with E-state index in [4.69, 9.17) is 5.11 Å². The summed E-state index contributed by atoms with van der Waals surface area (Å²) >= 11 is 0. The van der Waals surface area contributed by atoms with Gasteiger partial charge in [-0.05, 0) is 44.1 Å². The minimum atomic E-state index is -0.930. The molecule has 2 rings (SSSR count). The fourth-order valence-electron chi connectivity index (χ4n) is 2.42. The molecular weight excluding hydrogens is 270 g/mol. The highest BCUT2D eigenvalue weighted by Gasteiger charge is 2.20. The number of nitrogens with one attached hydrogen (secondary N) is 2. The largest absolute Gasteiger partial charge is 0.478 e. The number of carboxylic acid groups (broad SMARTS) is 1. The van der Waals surface area contributed by atoms with Crippen LogP contribution in [0.1, 0.15) is 22.3 Å². The maximum absolute atomic E-state index is 11.7. The molecule has 0 unspecified atom stereocenters. The Morgan fingerprint density at radius 3 is 2.62 bits per heavy atom. The molecular formula is C15H21N3O3. The van der Waals surface area contributed by atoms with E-state index in [9.17, 15) is 9.59 Å². The number of carboxylic acids is 1. The molecule has 1 heterocycles. The highest BCUT2D eigenvalue weighted by Crippen LogP contribution is 2.06. The fourth-order valence-corrected chi connectivity index (χ4v) is 2.42. The average Bonchev–Trinajstić information content (AvgIpc) is 2.84. The van der Waals surface area contributed by atoms with Crippen LogP contribution in [0.15, 0.2) is 24.3 Å². The first-order chi connectivity index (χ1) is 10.0. The van der Waals surface area contributed by atoms with E-state index in [1.165, 1.54) is 0 Å². The Balaban J connectivity index is 1.68. The summed E-state index contributed by atoms with van der Waals surface area (Å²) in [6, 6.07) is 6.78. The summed E-state index contributed by atoms with van der Waals surface area (Å²) in [5, 5.41) is 14.6. The van der Waals surface area contributed by atoms with E-state index in [1.807, 2.05) is 7.05 Å². The van der Waals surface area contributed by atoms with Gasteiger partial charge in [0.05, 0.1) is 5.56 Å². The van der Waals surface area contributed by atoms with Crippen molar-refractivity contribution in [1.82, 2.24) is 15.5 Å². The van der Waals surface area contributed by atoms with Crippen LogP contribution in [0, 0.1) is 0 Å². The lowest BCUT2D eigenvalue weighted by molar-refractivity contribution is 0.0697. The van der Waals surface area contributed by atoms with E-state index in [-0.39, 0.29) is 17.6 Å². The smallest absolute Gasteiger partial charge is 0.335 e. The number of hydrogen-bond donors (Lipinski definition) is 3. The fraction of sp³-hybridized carbons (Fsp3) is 0.467. The van der Waals surface area contributed by atoms with Gasteiger partial charge in [0.25, 0.3) is 0 Å². The van der Waals surface area contributed by atoms with Gasteiger partial charge in [0.2, 0.25) is 0 Å². The summed E-state index contributed by atoms with van der Waals surface area (Å²) in [5.74, 6) is -0.930. The number of rotatable bonds is 5. The van der Waals surface area contributed by atoms with Gasteiger partial charge in [0.1, 0.15) is 0 Å². The summed E-state index contributed by atoms with van der Waals surface area (Å²) < 4.78 is 0. The van der Waals surface area contributed by atoms with Crippen molar-refractivity contribution in [1.29, 1.82) is 0 Å². The Labute approximate surface area is 124 Å². The zero-order chi connectivity index (χ0) is 15.2. The molecule has 1 aliphatic rings. The molecule has 2 amide bonds. The van der Waals surface area contributed by atoms with Gasteiger partial charge in [-0.3, -0.25) is 0 Å². The lowest BCUT2D eigenvalue weighted by Gasteiger charge is -2.13. The van der Waals surface area contributed by atoms with Crippen molar-refractivity contribution in [2.24, 2.45) is 0 Å². The Hall–Kier alpha value is -2.08. The van der Waals surface area contributed by atoms with Crippen LogP contribution >= 0.6 is 0 Å². The molecule has 1 aromatic carbocycles. The molecule has 6 nitrogen and oxygen atoms in total. The number of carbonyl (C=O) groups is 2. The molecule has 0 bridgehead atoms. The number of hydrogen-bond acceptors (Lipinski definition) is 3. The van der Waals surface area contributed by atoms with Crippen LogP contribution < -0.4 is 10.6 Å². The first-order valence-electron chi connectivity index (χ1n) is 7.10. The Morgan fingerprint density at radius 1 is 1.33 bits per heavy atom. The highest BCUT2D eigenvalue weighted by molar-refractivity contribution is 5.87. The van der Waals surface area contributed by atoms with Gasteiger partial charge in [0, 0.05) is 19.1 Å².